The number of anilines is 1. The molecule has 0 radical (unpaired) electrons. The molecule has 0 spiro atoms. The third kappa shape index (κ3) is 6.94. The van der Waals surface area contributed by atoms with Gasteiger partial charge in [-0.1, -0.05) is 26.0 Å². The first-order valence-electron chi connectivity index (χ1n) is 10.6. The van der Waals surface area contributed by atoms with E-state index in [1.807, 2.05) is 44.3 Å². The number of aromatic amines is 1. The molecule has 0 aliphatic rings. The molecule has 1 unspecified atom stereocenters. The second-order valence-corrected chi connectivity index (χ2v) is 7.61. The van der Waals surface area contributed by atoms with Crippen LogP contribution in [0, 0.1) is 11.7 Å². The van der Waals surface area contributed by atoms with Crippen LogP contribution < -0.4 is 16.0 Å². The van der Waals surface area contributed by atoms with Crippen LogP contribution in [0.25, 0.3) is 10.9 Å². The lowest BCUT2D eigenvalue weighted by molar-refractivity contribution is -0.119. The molecule has 1 atom stereocenters. The number of benzene rings is 2. The van der Waals surface area contributed by atoms with Crippen molar-refractivity contribution in [3.8, 4) is 0 Å². The number of H-pyrrole nitrogens is 1. The summed E-state index contributed by atoms with van der Waals surface area (Å²) in [6.45, 7) is 5.20. The number of nitrogens with one attached hydrogen (secondary N) is 4. The molecule has 0 saturated carbocycles. The molecule has 4 N–H and O–H groups in total. The number of carbonyl (C=O) groups excluding carboxylic acids is 1. The second kappa shape index (κ2) is 12.4. The summed E-state index contributed by atoms with van der Waals surface area (Å²) in [5, 5.41) is 10.6. The first-order valence-corrected chi connectivity index (χ1v) is 10.6. The Kier molecular flexibility index (Phi) is 9.96. The van der Waals surface area contributed by atoms with Gasteiger partial charge in [0, 0.05) is 48.8 Å². The minimum Gasteiger partial charge on any atom is -0.361 e. The first kappa shape index (κ1) is 25.6. The first-order chi connectivity index (χ1) is 15.0. The van der Waals surface area contributed by atoms with Gasteiger partial charge in [-0.3, -0.25) is 9.79 Å². The predicted octanol–water partition coefficient (Wildman–Crippen LogP) is 4.82. The van der Waals surface area contributed by atoms with Crippen LogP contribution >= 0.6 is 24.0 Å². The summed E-state index contributed by atoms with van der Waals surface area (Å²) in [6, 6.07) is 12.6. The number of rotatable bonds is 8. The topological polar surface area (TPSA) is 81.3 Å². The molecule has 1 aromatic heterocycles. The molecule has 3 rings (SSSR count). The number of fused-ring (bicyclic) bond motifs is 1. The van der Waals surface area contributed by atoms with Crippen LogP contribution in [0.3, 0.4) is 0 Å². The molecule has 172 valence electrons. The van der Waals surface area contributed by atoms with Gasteiger partial charge in [0.05, 0.1) is 0 Å². The molecular formula is C24H31FIN5O. The van der Waals surface area contributed by atoms with Crippen molar-refractivity contribution >= 4 is 52.4 Å². The average Bonchev–Trinajstić information content (AvgIpc) is 3.17. The van der Waals surface area contributed by atoms with Gasteiger partial charge in [-0.05, 0) is 54.3 Å². The van der Waals surface area contributed by atoms with E-state index in [1.165, 1.54) is 12.1 Å². The number of guanidine groups is 1. The van der Waals surface area contributed by atoms with E-state index in [-0.39, 0.29) is 41.6 Å². The molecule has 6 nitrogen and oxygen atoms in total. The number of aromatic nitrogens is 1. The Hall–Kier alpha value is -2.62. The molecular weight excluding hydrogens is 520 g/mol. The fraction of sp³-hybridized carbons (Fsp3) is 0.333. The third-order valence-electron chi connectivity index (χ3n) is 5.35. The van der Waals surface area contributed by atoms with Crippen LogP contribution in [0.2, 0.25) is 0 Å². The van der Waals surface area contributed by atoms with Gasteiger partial charge in [0.2, 0.25) is 5.91 Å². The quantitative estimate of drug-likeness (QED) is 0.184. The summed E-state index contributed by atoms with van der Waals surface area (Å²) < 4.78 is 13.3. The zero-order valence-electron chi connectivity index (χ0n) is 18.7. The Morgan fingerprint density at radius 3 is 2.75 bits per heavy atom. The Labute approximate surface area is 205 Å². The van der Waals surface area contributed by atoms with Crippen LogP contribution in [0.15, 0.2) is 53.7 Å². The molecule has 8 heteroatoms. The molecule has 1 heterocycles. The SMILES string of the molecule is CCC(C)C(=O)Nc1cccc(CNC(=NC)NCCc2c[nH]c3cc(F)ccc23)c1.I. The Morgan fingerprint density at radius 2 is 2.00 bits per heavy atom. The Balaban J connectivity index is 0.00000363. The lowest BCUT2D eigenvalue weighted by Crippen LogP contribution is -2.37. The van der Waals surface area contributed by atoms with E-state index in [9.17, 15) is 9.18 Å². The van der Waals surface area contributed by atoms with Gasteiger partial charge in [-0.15, -0.1) is 24.0 Å². The summed E-state index contributed by atoms with van der Waals surface area (Å²) in [6.07, 6.45) is 3.51. The van der Waals surface area contributed by atoms with E-state index >= 15 is 0 Å². The van der Waals surface area contributed by atoms with Crippen molar-refractivity contribution < 1.29 is 9.18 Å². The number of hydrogen-bond acceptors (Lipinski definition) is 2. The van der Waals surface area contributed by atoms with Crippen LogP contribution in [0.5, 0.6) is 0 Å². The Bertz CT molecular complexity index is 1070. The zero-order chi connectivity index (χ0) is 22.2. The maximum Gasteiger partial charge on any atom is 0.227 e. The number of nitrogens with zero attached hydrogens (tertiary/aromatic N) is 1. The molecule has 32 heavy (non-hydrogen) atoms. The van der Waals surface area contributed by atoms with Crippen molar-refractivity contribution in [2.75, 3.05) is 18.9 Å². The molecule has 0 bridgehead atoms. The van der Waals surface area contributed by atoms with Gasteiger partial charge in [0.25, 0.3) is 0 Å². The van der Waals surface area contributed by atoms with E-state index < -0.39 is 0 Å². The zero-order valence-corrected chi connectivity index (χ0v) is 21.0. The van der Waals surface area contributed by atoms with E-state index in [0.717, 1.165) is 40.6 Å². The van der Waals surface area contributed by atoms with Crippen molar-refractivity contribution in [2.24, 2.45) is 10.9 Å². The van der Waals surface area contributed by atoms with Crippen molar-refractivity contribution in [3.63, 3.8) is 0 Å². The molecule has 0 aliphatic heterocycles. The fourth-order valence-electron chi connectivity index (χ4n) is 3.30. The van der Waals surface area contributed by atoms with Crippen LogP contribution in [0.4, 0.5) is 10.1 Å². The smallest absolute Gasteiger partial charge is 0.227 e. The van der Waals surface area contributed by atoms with E-state index in [4.69, 9.17) is 0 Å². The number of halogens is 2. The molecule has 0 aliphatic carbocycles. The van der Waals surface area contributed by atoms with Crippen LogP contribution in [-0.4, -0.2) is 30.4 Å². The molecule has 2 aromatic carbocycles. The van der Waals surface area contributed by atoms with Crippen LogP contribution in [0.1, 0.15) is 31.4 Å². The highest BCUT2D eigenvalue weighted by Crippen LogP contribution is 2.19. The van der Waals surface area contributed by atoms with Crippen molar-refractivity contribution in [2.45, 2.75) is 33.2 Å². The Morgan fingerprint density at radius 1 is 1.19 bits per heavy atom. The van der Waals surface area contributed by atoms with Gasteiger partial charge in [0.1, 0.15) is 5.82 Å². The summed E-state index contributed by atoms with van der Waals surface area (Å²) in [5.41, 5.74) is 3.77. The van der Waals surface area contributed by atoms with Crippen molar-refractivity contribution in [1.29, 1.82) is 0 Å². The minimum atomic E-state index is -0.243. The second-order valence-electron chi connectivity index (χ2n) is 7.61. The predicted molar refractivity (Wildman–Crippen MR) is 140 cm³/mol. The number of hydrogen-bond donors (Lipinski definition) is 4. The van der Waals surface area contributed by atoms with Crippen molar-refractivity contribution in [3.05, 3.63) is 65.6 Å². The van der Waals surface area contributed by atoms with Crippen LogP contribution in [-0.2, 0) is 17.8 Å². The molecule has 0 saturated heterocycles. The lowest BCUT2D eigenvalue weighted by Gasteiger charge is -2.13. The number of aliphatic imine (C=N–C) groups is 1. The molecule has 0 fully saturated rings. The number of carbonyl (C=O) groups is 1. The highest BCUT2D eigenvalue weighted by Gasteiger charge is 2.10. The van der Waals surface area contributed by atoms with Gasteiger partial charge >= 0.3 is 0 Å². The summed E-state index contributed by atoms with van der Waals surface area (Å²) >= 11 is 0. The normalized spacial score (nSPS) is 12.2. The van der Waals surface area contributed by atoms with Gasteiger partial charge in [0.15, 0.2) is 5.96 Å². The minimum absolute atomic E-state index is 0. The van der Waals surface area contributed by atoms with Gasteiger partial charge in [-0.25, -0.2) is 4.39 Å². The van der Waals surface area contributed by atoms with Crippen molar-refractivity contribution in [1.82, 2.24) is 15.6 Å². The highest BCUT2D eigenvalue weighted by molar-refractivity contribution is 14.0. The maximum atomic E-state index is 13.3. The standard InChI is InChI=1S/C24H30FN5O.HI/c1-4-16(2)23(31)30-20-7-5-6-17(12-20)14-29-24(26-3)27-11-10-18-15-28-22-13-19(25)8-9-21(18)22;/h5-9,12-13,15-16,28H,4,10-11,14H2,1-3H3,(H,30,31)(H2,26,27,29);1H. The van der Waals surface area contributed by atoms with E-state index in [1.54, 1.807) is 13.1 Å². The third-order valence-corrected chi connectivity index (χ3v) is 5.35. The monoisotopic (exact) mass is 551 g/mol. The maximum absolute atomic E-state index is 13.3. The molecule has 1 amide bonds. The number of amides is 1. The fourth-order valence-corrected chi connectivity index (χ4v) is 3.30. The van der Waals surface area contributed by atoms with Gasteiger partial charge in [-0.2, -0.15) is 0 Å². The molecule has 3 aromatic rings. The van der Waals surface area contributed by atoms with E-state index in [0.29, 0.717) is 19.0 Å². The highest BCUT2D eigenvalue weighted by atomic mass is 127. The van der Waals surface area contributed by atoms with E-state index in [2.05, 4.69) is 25.9 Å². The summed E-state index contributed by atoms with van der Waals surface area (Å²) in [7, 11) is 1.73. The van der Waals surface area contributed by atoms with Gasteiger partial charge < -0.3 is 20.9 Å². The lowest BCUT2D eigenvalue weighted by atomic mass is 10.1. The summed E-state index contributed by atoms with van der Waals surface area (Å²) in [5.74, 6) is 0.471. The summed E-state index contributed by atoms with van der Waals surface area (Å²) in [4.78, 5) is 19.5. The average molecular weight is 551 g/mol. The largest absolute Gasteiger partial charge is 0.361 e.